The molecule has 0 spiro atoms. The van der Waals surface area contributed by atoms with E-state index in [1.807, 2.05) is 0 Å². The molecule has 0 N–H and O–H groups in total. The van der Waals surface area contributed by atoms with Crippen LogP contribution in [-0.4, -0.2) is 42.7 Å². The lowest BCUT2D eigenvalue weighted by atomic mass is 10.2. The number of benzene rings is 2. The maximum atomic E-state index is 4.96. The molecule has 2 aromatic carbocycles. The number of piperazine rings is 1. The number of anilines is 4. The Morgan fingerprint density at radius 1 is 0.750 bits per heavy atom. The lowest BCUT2D eigenvalue weighted by Gasteiger charge is -2.37. The topological polar surface area (TPSA) is 35.5 Å². The summed E-state index contributed by atoms with van der Waals surface area (Å²) in [4.78, 5) is 16.8. The normalized spacial score (nSPS) is 16.4. The summed E-state index contributed by atoms with van der Waals surface area (Å²) in [6.45, 7) is 6.98. The van der Waals surface area contributed by atoms with Crippen LogP contribution in [0.4, 0.5) is 23.1 Å². The molecule has 0 aliphatic carbocycles. The third kappa shape index (κ3) is 3.17. The van der Waals surface area contributed by atoms with Crippen LogP contribution < -0.4 is 14.7 Å². The smallest absolute Gasteiger partial charge is 0.232 e. The van der Waals surface area contributed by atoms with E-state index in [1.54, 1.807) is 0 Å². The number of rotatable bonds is 3. The molecule has 0 radical (unpaired) electrons. The van der Waals surface area contributed by atoms with Crippen LogP contribution in [0.1, 0.15) is 11.3 Å². The minimum Gasteiger partial charge on any atom is -0.368 e. The van der Waals surface area contributed by atoms with Crippen LogP contribution in [0.25, 0.3) is 0 Å². The second-order valence-electron chi connectivity index (χ2n) is 7.51. The molecule has 2 aliphatic rings. The van der Waals surface area contributed by atoms with Crippen molar-refractivity contribution in [3.8, 4) is 0 Å². The molecular weight excluding hydrogens is 346 g/mol. The quantitative estimate of drug-likeness (QED) is 0.700. The van der Waals surface area contributed by atoms with Crippen molar-refractivity contribution in [1.29, 1.82) is 0 Å². The van der Waals surface area contributed by atoms with Gasteiger partial charge in [-0.3, -0.25) is 0 Å². The monoisotopic (exact) mass is 371 g/mol. The molecule has 3 aromatic rings. The predicted octanol–water partition coefficient (Wildman–Crippen LogP) is 3.81. The van der Waals surface area contributed by atoms with Crippen molar-refractivity contribution >= 4 is 23.1 Å². The highest BCUT2D eigenvalue weighted by Gasteiger charge is 2.24. The van der Waals surface area contributed by atoms with Gasteiger partial charge in [-0.25, -0.2) is 4.98 Å². The van der Waals surface area contributed by atoms with E-state index in [4.69, 9.17) is 9.97 Å². The van der Waals surface area contributed by atoms with Gasteiger partial charge in [-0.2, -0.15) is 4.98 Å². The molecular formula is C23H25N5. The number of hydrogen-bond donors (Lipinski definition) is 0. The molecule has 0 saturated carbocycles. The number of para-hydroxylation sites is 2. The highest BCUT2D eigenvalue weighted by atomic mass is 15.3. The van der Waals surface area contributed by atoms with Crippen molar-refractivity contribution in [3.05, 3.63) is 71.9 Å². The van der Waals surface area contributed by atoms with Crippen LogP contribution >= 0.6 is 0 Å². The maximum Gasteiger partial charge on any atom is 0.232 e. The second kappa shape index (κ2) is 7.15. The van der Waals surface area contributed by atoms with Crippen LogP contribution in [0.15, 0.2) is 60.7 Å². The summed E-state index contributed by atoms with van der Waals surface area (Å²) in [6, 6.07) is 21.4. The van der Waals surface area contributed by atoms with E-state index in [-0.39, 0.29) is 0 Å². The van der Waals surface area contributed by atoms with E-state index in [0.717, 1.165) is 56.6 Å². The van der Waals surface area contributed by atoms with Gasteiger partial charge in [-0.05, 0) is 37.1 Å². The molecule has 0 amide bonds. The highest BCUT2D eigenvalue weighted by molar-refractivity contribution is 5.66. The Balaban J connectivity index is 1.36. The maximum absolute atomic E-state index is 4.96. The Morgan fingerprint density at radius 3 is 2.29 bits per heavy atom. The van der Waals surface area contributed by atoms with Gasteiger partial charge in [0.1, 0.15) is 5.82 Å². The standard InChI is InChI=1S/C23H25N5/c1-18-17-22(27-15-13-26(14-16-27)20-8-3-2-4-9-20)25-23(24-18)28-12-11-19-7-5-6-10-21(19)28/h2-10,17H,11-16H2,1H3. The summed E-state index contributed by atoms with van der Waals surface area (Å²) in [5, 5.41) is 0. The Hall–Kier alpha value is -3.08. The summed E-state index contributed by atoms with van der Waals surface area (Å²) in [6.07, 6.45) is 1.05. The summed E-state index contributed by atoms with van der Waals surface area (Å²) < 4.78 is 0. The minimum absolute atomic E-state index is 0.824. The lowest BCUT2D eigenvalue weighted by molar-refractivity contribution is 0.646. The van der Waals surface area contributed by atoms with Gasteiger partial charge in [-0.1, -0.05) is 36.4 Å². The van der Waals surface area contributed by atoms with Crippen LogP contribution in [0.2, 0.25) is 0 Å². The first-order chi connectivity index (χ1) is 13.8. The molecule has 142 valence electrons. The Labute approximate surface area is 166 Å². The molecule has 1 fully saturated rings. The zero-order valence-electron chi connectivity index (χ0n) is 16.3. The fraction of sp³-hybridized carbons (Fsp3) is 0.304. The first-order valence-corrected chi connectivity index (χ1v) is 10.0. The van der Waals surface area contributed by atoms with E-state index in [0.29, 0.717) is 0 Å². The fourth-order valence-corrected chi connectivity index (χ4v) is 4.20. The Morgan fingerprint density at radius 2 is 1.46 bits per heavy atom. The van der Waals surface area contributed by atoms with Gasteiger partial charge < -0.3 is 14.7 Å². The van der Waals surface area contributed by atoms with E-state index >= 15 is 0 Å². The van der Waals surface area contributed by atoms with Gasteiger partial charge in [0, 0.05) is 55.9 Å². The summed E-state index contributed by atoms with van der Waals surface area (Å²) >= 11 is 0. The van der Waals surface area contributed by atoms with Crippen molar-refractivity contribution in [2.75, 3.05) is 47.4 Å². The van der Waals surface area contributed by atoms with Crippen molar-refractivity contribution in [3.63, 3.8) is 0 Å². The molecule has 5 rings (SSSR count). The largest absolute Gasteiger partial charge is 0.368 e. The molecule has 28 heavy (non-hydrogen) atoms. The highest BCUT2D eigenvalue weighted by Crippen LogP contribution is 2.33. The van der Waals surface area contributed by atoms with Gasteiger partial charge in [0.05, 0.1) is 0 Å². The fourth-order valence-electron chi connectivity index (χ4n) is 4.20. The Bertz CT molecular complexity index is 964. The molecule has 2 aliphatic heterocycles. The average molecular weight is 371 g/mol. The SMILES string of the molecule is Cc1cc(N2CCN(c3ccccc3)CC2)nc(N2CCc3ccccc32)n1. The van der Waals surface area contributed by atoms with E-state index in [9.17, 15) is 0 Å². The average Bonchev–Trinajstić information content (AvgIpc) is 3.18. The van der Waals surface area contributed by atoms with Gasteiger partial charge in [-0.15, -0.1) is 0 Å². The molecule has 5 nitrogen and oxygen atoms in total. The van der Waals surface area contributed by atoms with Crippen LogP contribution in [0, 0.1) is 6.92 Å². The summed E-state index contributed by atoms with van der Waals surface area (Å²) in [7, 11) is 0. The van der Waals surface area contributed by atoms with Gasteiger partial charge in [0.2, 0.25) is 5.95 Å². The Kier molecular flexibility index (Phi) is 4.35. The first-order valence-electron chi connectivity index (χ1n) is 10.0. The number of fused-ring (bicyclic) bond motifs is 1. The molecule has 0 atom stereocenters. The van der Waals surface area contributed by atoms with Crippen molar-refractivity contribution in [1.82, 2.24) is 9.97 Å². The third-order valence-corrected chi connectivity index (χ3v) is 5.68. The van der Waals surface area contributed by atoms with Crippen LogP contribution in [-0.2, 0) is 6.42 Å². The van der Waals surface area contributed by atoms with Crippen molar-refractivity contribution < 1.29 is 0 Å². The van der Waals surface area contributed by atoms with Crippen molar-refractivity contribution in [2.24, 2.45) is 0 Å². The predicted molar refractivity (Wildman–Crippen MR) is 115 cm³/mol. The second-order valence-corrected chi connectivity index (χ2v) is 7.51. The zero-order chi connectivity index (χ0) is 18.9. The van der Waals surface area contributed by atoms with E-state index < -0.39 is 0 Å². The van der Waals surface area contributed by atoms with Crippen LogP contribution in [0.3, 0.4) is 0 Å². The number of aromatic nitrogens is 2. The van der Waals surface area contributed by atoms with Crippen LogP contribution in [0.5, 0.6) is 0 Å². The first kappa shape index (κ1) is 17.0. The van der Waals surface area contributed by atoms with E-state index in [2.05, 4.69) is 82.3 Å². The molecule has 0 unspecified atom stereocenters. The molecule has 1 saturated heterocycles. The van der Waals surface area contributed by atoms with Gasteiger partial charge in [0.15, 0.2) is 0 Å². The van der Waals surface area contributed by atoms with Crippen molar-refractivity contribution in [2.45, 2.75) is 13.3 Å². The van der Waals surface area contributed by atoms with E-state index in [1.165, 1.54) is 16.9 Å². The molecule has 3 heterocycles. The summed E-state index contributed by atoms with van der Waals surface area (Å²) in [5.41, 5.74) is 4.95. The molecule has 0 bridgehead atoms. The van der Waals surface area contributed by atoms with Gasteiger partial charge >= 0.3 is 0 Å². The number of hydrogen-bond acceptors (Lipinski definition) is 5. The molecule has 1 aromatic heterocycles. The zero-order valence-corrected chi connectivity index (χ0v) is 16.3. The lowest BCUT2D eigenvalue weighted by Crippen LogP contribution is -2.47. The number of nitrogens with zero attached hydrogens (tertiary/aromatic N) is 5. The minimum atomic E-state index is 0.824. The third-order valence-electron chi connectivity index (χ3n) is 5.68. The molecule has 5 heteroatoms. The van der Waals surface area contributed by atoms with Gasteiger partial charge in [0.25, 0.3) is 0 Å². The number of aryl methyl sites for hydroxylation is 1. The summed E-state index contributed by atoms with van der Waals surface area (Å²) in [5.74, 6) is 1.87.